The molecule has 4 rings (SSSR count). The van der Waals surface area contributed by atoms with Crippen LogP contribution in [0.2, 0.25) is 5.02 Å². The highest BCUT2D eigenvalue weighted by atomic mass is 35.5. The Morgan fingerprint density at radius 1 is 1.29 bits per heavy atom. The van der Waals surface area contributed by atoms with Crippen LogP contribution in [0, 0.1) is 6.92 Å². The molecule has 2 aromatic rings. The highest BCUT2D eigenvalue weighted by Crippen LogP contribution is 2.27. The second-order valence-electron chi connectivity index (χ2n) is 9.02. The lowest BCUT2D eigenvalue weighted by Gasteiger charge is -2.43. The maximum absolute atomic E-state index is 13.1. The topological polar surface area (TPSA) is 79.3 Å². The maximum Gasteiger partial charge on any atom is 0.276 e. The number of fused-ring (bicyclic) bond motifs is 1. The molecule has 2 amide bonds. The fourth-order valence-corrected chi connectivity index (χ4v) is 4.62. The van der Waals surface area contributed by atoms with E-state index in [-0.39, 0.29) is 17.5 Å². The standard InChI is InChI=1S/C23H30ClN5O2/c1-15-17(24)10-7-11-18(15)26-21(30)19-12-20-22(31)28(3)23(2,14-29(20)27-19)13-25-16-8-5-4-6-9-16/h7,10-12,16,25H,4-6,8-9,13-14H2,1-3H3,(H,26,30). The van der Waals surface area contributed by atoms with E-state index in [1.807, 2.05) is 14.0 Å². The molecule has 8 heteroatoms. The van der Waals surface area contributed by atoms with Crippen molar-refractivity contribution < 1.29 is 9.59 Å². The van der Waals surface area contributed by atoms with Gasteiger partial charge in [0.2, 0.25) is 0 Å². The average Bonchev–Trinajstić information content (AvgIpc) is 3.19. The number of hydrogen-bond donors (Lipinski definition) is 2. The third kappa shape index (κ3) is 4.34. The Morgan fingerprint density at radius 2 is 2.03 bits per heavy atom. The number of hydrogen-bond acceptors (Lipinski definition) is 4. The normalized spacial score (nSPS) is 21.8. The summed E-state index contributed by atoms with van der Waals surface area (Å²) in [4.78, 5) is 27.7. The van der Waals surface area contributed by atoms with Crippen LogP contribution in [0.5, 0.6) is 0 Å². The lowest BCUT2D eigenvalue weighted by atomic mass is 9.92. The third-order valence-corrected chi connectivity index (χ3v) is 7.14. The van der Waals surface area contributed by atoms with Crippen molar-refractivity contribution >= 4 is 29.1 Å². The highest BCUT2D eigenvalue weighted by molar-refractivity contribution is 6.31. The van der Waals surface area contributed by atoms with Crippen LogP contribution >= 0.6 is 11.6 Å². The second-order valence-corrected chi connectivity index (χ2v) is 9.42. The second kappa shape index (κ2) is 8.63. The minimum Gasteiger partial charge on any atom is -0.332 e. The minimum atomic E-state index is -0.412. The summed E-state index contributed by atoms with van der Waals surface area (Å²) in [7, 11) is 1.83. The molecule has 1 aromatic heterocycles. The lowest BCUT2D eigenvalue weighted by Crippen LogP contribution is -2.60. The number of amides is 2. The Balaban J connectivity index is 1.50. The van der Waals surface area contributed by atoms with Gasteiger partial charge in [-0.3, -0.25) is 14.3 Å². The van der Waals surface area contributed by atoms with Gasteiger partial charge in [-0.05, 0) is 44.4 Å². The number of nitrogens with one attached hydrogen (secondary N) is 2. The summed E-state index contributed by atoms with van der Waals surface area (Å²) >= 11 is 6.15. The Kier molecular flexibility index (Phi) is 6.08. The molecule has 1 saturated carbocycles. The number of rotatable bonds is 5. The fourth-order valence-electron chi connectivity index (χ4n) is 4.44. The molecule has 0 bridgehead atoms. The van der Waals surface area contributed by atoms with Gasteiger partial charge < -0.3 is 15.5 Å². The molecule has 1 aliphatic carbocycles. The molecule has 1 aromatic carbocycles. The van der Waals surface area contributed by atoms with Crippen LogP contribution in [0.1, 0.15) is 65.6 Å². The van der Waals surface area contributed by atoms with Crippen LogP contribution in [-0.2, 0) is 6.54 Å². The van der Waals surface area contributed by atoms with Gasteiger partial charge in [0.1, 0.15) is 5.69 Å². The van der Waals surface area contributed by atoms with E-state index in [0.717, 1.165) is 5.56 Å². The zero-order chi connectivity index (χ0) is 22.2. The van der Waals surface area contributed by atoms with Crippen molar-refractivity contribution in [1.29, 1.82) is 0 Å². The van der Waals surface area contributed by atoms with Crippen LogP contribution in [-0.4, -0.2) is 51.7 Å². The molecule has 2 aliphatic rings. The van der Waals surface area contributed by atoms with Gasteiger partial charge in [-0.1, -0.05) is 36.9 Å². The van der Waals surface area contributed by atoms with E-state index >= 15 is 0 Å². The smallest absolute Gasteiger partial charge is 0.276 e. The molecule has 1 aliphatic heterocycles. The number of benzene rings is 1. The Bertz CT molecular complexity index is 998. The van der Waals surface area contributed by atoms with E-state index in [4.69, 9.17) is 11.6 Å². The van der Waals surface area contributed by atoms with E-state index in [0.29, 0.717) is 35.5 Å². The van der Waals surface area contributed by atoms with Crippen molar-refractivity contribution in [3.05, 3.63) is 46.2 Å². The van der Waals surface area contributed by atoms with Crippen LogP contribution in [0.15, 0.2) is 24.3 Å². The summed E-state index contributed by atoms with van der Waals surface area (Å²) in [5.74, 6) is -0.477. The molecule has 0 spiro atoms. The highest BCUT2D eigenvalue weighted by Gasteiger charge is 2.41. The van der Waals surface area contributed by atoms with Crippen LogP contribution in [0.3, 0.4) is 0 Å². The number of carbonyl (C=O) groups excluding carboxylic acids is 2. The molecular weight excluding hydrogens is 414 g/mol. The Hall–Kier alpha value is -2.38. The predicted molar refractivity (Wildman–Crippen MR) is 122 cm³/mol. The minimum absolute atomic E-state index is 0.121. The zero-order valence-electron chi connectivity index (χ0n) is 18.4. The van der Waals surface area contributed by atoms with E-state index < -0.39 is 5.54 Å². The number of anilines is 1. The van der Waals surface area contributed by atoms with Gasteiger partial charge in [-0.15, -0.1) is 0 Å². The van der Waals surface area contributed by atoms with Crippen molar-refractivity contribution in [2.24, 2.45) is 0 Å². The lowest BCUT2D eigenvalue weighted by molar-refractivity contribution is 0.0430. The SMILES string of the molecule is Cc1c(Cl)cccc1NC(=O)c1cc2n(n1)CC(C)(CNC1CCCCC1)N(C)C2=O. The van der Waals surface area contributed by atoms with Gasteiger partial charge >= 0.3 is 0 Å². The summed E-state index contributed by atoms with van der Waals surface area (Å²) in [6.45, 7) is 5.15. The molecule has 2 heterocycles. The Morgan fingerprint density at radius 3 is 2.77 bits per heavy atom. The first-order valence-corrected chi connectivity index (χ1v) is 11.3. The monoisotopic (exact) mass is 443 g/mol. The van der Waals surface area contributed by atoms with Crippen LogP contribution in [0.4, 0.5) is 5.69 Å². The quantitative estimate of drug-likeness (QED) is 0.735. The molecule has 7 nitrogen and oxygen atoms in total. The molecule has 1 atom stereocenters. The zero-order valence-corrected chi connectivity index (χ0v) is 19.1. The first-order chi connectivity index (χ1) is 14.8. The summed E-state index contributed by atoms with van der Waals surface area (Å²) < 4.78 is 1.67. The number of carbonyl (C=O) groups is 2. The predicted octanol–water partition coefficient (Wildman–Crippen LogP) is 3.86. The van der Waals surface area contributed by atoms with Gasteiger partial charge in [-0.25, -0.2) is 0 Å². The van der Waals surface area contributed by atoms with Crippen molar-refractivity contribution in [3.63, 3.8) is 0 Å². The molecule has 2 N–H and O–H groups in total. The molecular formula is C23H30ClN5O2. The van der Waals surface area contributed by atoms with Crippen molar-refractivity contribution in [2.45, 2.75) is 64.1 Å². The van der Waals surface area contributed by atoms with Crippen molar-refractivity contribution in [3.8, 4) is 0 Å². The van der Waals surface area contributed by atoms with Gasteiger partial charge in [0, 0.05) is 36.4 Å². The van der Waals surface area contributed by atoms with Gasteiger partial charge in [-0.2, -0.15) is 5.10 Å². The largest absolute Gasteiger partial charge is 0.332 e. The van der Waals surface area contributed by atoms with Crippen molar-refractivity contribution in [2.75, 3.05) is 18.9 Å². The number of halogens is 1. The first-order valence-electron chi connectivity index (χ1n) is 10.9. The van der Waals surface area contributed by atoms with Crippen LogP contribution < -0.4 is 10.6 Å². The molecule has 0 saturated heterocycles. The molecule has 166 valence electrons. The summed E-state index contributed by atoms with van der Waals surface area (Å²) in [6, 6.07) is 7.44. The van der Waals surface area contributed by atoms with E-state index in [1.54, 1.807) is 33.8 Å². The maximum atomic E-state index is 13.1. The Labute approximate surface area is 188 Å². The third-order valence-electron chi connectivity index (χ3n) is 6.73. The average molecular weight is 444 g/mol. The number of likely N-dealkylation sites (N-methyl/N-ethyl adjacent to an activating group) is 1. The number of aromatic nitrogens is 2. The van der Waals surface area contributed by atoms with Crippen molar-refractivity contribution in [1.82, 2.24) is 20.0 Å². The molecule has 1 unspecified atom stereocenters. The summed E-state index contributed by atoms with van der Waals surface area (Å²) in [5, 5.41) is 11.6. The van der Waals surface area contributed by atoms with Crippen LogP contribution in [0.25, 0.3) is 0 Å². The van der Waals surface area contributed by atoms with E-state index in [2.05, 4.69) is 22.7 Å². The first kappa shape index (κ1) is 21.8. The summed E-state index contributed by atoms with van der Waals surface area (Å²) in [6.07, 6.45) is 6.21. The van der Waals surface area contributed by atoms with Gasteiger partial charge in [0.05, 0.1) is 12.1 Å². The van der Waals surface area contributed by atoms with E-state index in [9.17, 15) is 9.59 Å². The van der Waals surface area contributed by atoms with Gasteiger partial charge in [0.25, 0.3) is 11.8 Å². The van der Waals surface area contributed by atoms with E-state index in [1.165, 1.54) is 32.1 Å². The molecule has 1 fully saturated rings. The molecule has 0 radical (unpaired) electrons. The summed E-state index contributed by atoms with van der Waals surface area (Å²) in [5.41, 5.74) is 1.67. The molecule has 31 heavy (non-hydrogen) atoms. The fraction of sp³-hybridized carbons (Fsp3) is 0.522. The van der Waals surface area contributed by atoms with Gasteiger partial charge in [0.15, 0.2) is 5.69 Å². The number of nitrogens with zero attached hydrogens (tertiary/aromatic N) is 3.